The molecule has 0 fully saturated rings. The molecular weight excluding hydrogens is 454 g/mol. The largest absolute Gasteiger partial charge is 0.458 e. The van der Waals surface area contributed by atoms with E-state index >= 15 is 0 Å². The van der Waals surface area contributed by atoms with Crippen LogP contribution in [0.2, 0.25) is 0 Å². The Morgan fingerprint density at radius 2 is 1.94 bits per heavy atom. The molecule has 0 saturated carbocycles. The summed E-state index contributed by atoms with van der Waals surface area (Å²) in [5.41, 5.74) is 2.15. The lowest BCUT2D eigenvalue weighted by atomic mass is 9.86. The van der Waals surface area contributed by atoms with E-state index in [0.717, 1.165) is 16.5 Å². The molecule has 182 valence electrons. The highest BCUT2D eigenvalue weighted by Gasteiger charge is 2.45. The summed E-state index contributed by atoms with van der Waals surface area (Å²) in [7, 11) is 0. The zero-order chi connectivity index (χ0) is 24.3. The van der Waals surface area contributed by atoms with Crippen LogP contribution in [-0.4, -0.2) is 45.7 Å². The minimum atomic E-state index is -1.87. The quantitative estimate of drug-likeness (QED) is 0.276. The second-order valence-electron chi connectivity index (χ2n) is 9.00. The maximum atomic E-state index is 13.5. The summed E-state index contributed by atoms with van der Waals surface area (Å²) >= 11 is 0. The van der Waals surface area contributed by atoms with Gasteiger partial charge in [0.05, 0.1) is 29.0 Å². The summed E-state index contributed by atoms with van der Waals surface area (Å²) in [6, 6.07) is 5.45. The number of benzene rings is 1. The summed E-state index contributed by atoms with van der Waals surface area (Å²) in [6.07, 6.45) is 0.705. The number of ether oxygens (including phenoxy) is 3. The number of aromatic nitrogens is 2. The zero-order valence-electron chi connectivity index (χ0n) is 19.2. The van der Waals surface area contributed by atoms with Crippen LogP contribution < -0.4 is 20.3 Å². The third-order valence-corrected chi connectivity index (χ3v) is 7.11. The van der Waals surface area contributed by atoms with E-state index in [2.05, 4.69) is 5.32 Å². The third-order valence-electron chi connectivity index (χ3n) is 7.11. The van der Waals surface area contributed by atoms with E-state index in [0.29, 0.717) is 60.0 Å². The molecule has 1 aromatic carbocycles. The van der Waals surface area contributed by atoms with Crippen molar-refractivity contribution in [3.63, 3.8) is 0 Å². The normalized spacial score (nSPS) is 19.5. The molecule has 10 nitrogen and oxygen atoms in total. The fraction of sp³-hybridized carbons (Fsp3) is 0.400. The minimum Gasteiger partial charge on any atom is -0.458 e. The van der Waals surface area contributed by atoms with Crippen molar-refractivity contribution in [2.75, 3.05) is 19.9 Å². The fourth-order valence-corrected chi connectivity index (χ4v) is 5.17. The van der Waals surface area contributed by atoms with Crippen molar-refractivity contribution in [1.82, 2.24) is 14.9 Å². The smallest absolute Gasteiger partial charge is 0.343 e. The van der Waals surface area contributed by atoms with E-state index in [1.807, 2.05) is 12.1 Å². The van der Waals surface area contributed by atoms with Crippen molar-refractivity contribution in [3.8, 4) is 22.9 Å². The topological polar surface area (TPSA) is 132 Å². The van der Waals surface area contributed by atoms with E-state index in [4.69, 9.17) is 24.3 Å². The highest BCUT2D eigenvalue weighted by atomic mass is 16.7. The predicted molar refractivity (Wildman–Crippen MR) is 124 cm³/mol. The number of aliphatic hydroxyl groups is 2. The zero-order valence-corrected chi connectivity index (χ0v) is 19.2. The summed E-state index contributed by atoms with van der Waals surface area (Å²) in [4.78, 5) is 30.8. The first-order valence-corrected chi connectivity index (χ1v) is 11.7. The van der Waals surface area contributed by atoms with Crippen molar-refractivity contribution in [1.29, 1.82) is 0 Å². The van der Waals surface area contributed by atoms with Crippen molar-refractivity contribution in [3.05, 3.63) is 50.8 Å². The standard InChI is InChI=1S/C25H25N3O7/c1-2-25(32)17-7-19-22-15(10-28(19)23(30)16(17)11-33-24(25)31)14(9-26-4-3-5-29)13-6-20-21(35-12-34-20)8-18(13)27-22/h6-8,26,29,32H,2-5,9-12H2,1H3/t25-/m0/s1. The van der Waals surface area contributed by atoms with Gasteiger partial charge in [-0.05, 0) is 37.1 Å². The number of rotatable bonds is 6. The molecule has 0 bridgehead atoms. The van der Waals surface area contributed by atoms with E-state index in [-0.39, 0.29) is 37.6 Å². The number of nitrogens with one attached hydrogen (secondary N) is 1. The van der Waals surface area contributed by atoms with Gasteiger partial charge < -0.3 is 34.3 Å². The lowest BCUT2D eigenvalue weighted by Gasteiger charge is -2.31. The van der Waals surface area contributed by atoms with Crippen LogP contribution in [0.15, 0.2) is 23.0 Å². The molecule has 3 aliphatic rings. The van der Waals surface area contributed by atoms with Crippen molar-refractivity contribution in [2.45, 2.75) is 45.1 Å². The van der Waals surface area contributed by atoms with Crippen LogP contribution in [0, 0.1) is 0 Å². The van der Waals surface area contributed by atoms with Crippen molar-refractivity contribution in [2.24, 2.45) is 0 Å². The highest BCUT2D eigenvalue weighted by molar-refractivity contribution is 5.91. The SMILES string of the molecule is CC[C@@]1(O)C(=O)OCc2c1cc1n(c2=O)Cc2c-1nc1cc3c(cc1c2CNCCCO)OCO3. The number of hydrogen-bond acceptors (Lipinski definition) is 9. The molecule has 10 heteroatoms. The Bertz CT molecular complexity index is 1450. The number of hydrogen-bond donors (Lipinski definition) is 3. The number of cyclic esters (lactones) is 1. The molecule has 1 atom stereocenters. The van der Waals surface area contributed by atoms with Gasteiger partial charge in [-0.3, -0.25) is 4.79 Å². The second kappa shape index (κ2) is 8.04. The predicted octanol–water partition coefficient (Wildman–Crippen LogP) is 1.28. The van der Waals surface area contributed by atoms with E-state index in [9.17, 15) is 14.7 Å². The molecule has 3 N–H and O–H groups in total. The number of esters is 1. The van der Waals surface area contributed by atoms with Gasteiger partial charge in [0.1, 0.15) is 6.61 Å². The van der Waals surface area contributed by atoms with Gasteiger partial charge in [-0.1, -0.05) is 6.92 Å². The van der Waals surface area contributed by atoms with Crippen LogP contribution in [0.25, 0.3) is 22.3 Å². The highest BCUT2D eigenvalue weighted by Crippen LogP contribution is 2.43. The number of pyridine rings is 2. The molecule has 6 rings (SSSR count). The van der Waals surface area contributed by atoms with Crippen LogP contribution in [0.4, 0.5) is 0 Å². The molecule has 35 heavy (non-hydrogen) atoms. The van der Waals surface area contributed by atoms with Gasteiger partial charge in [-0.25, -0.2) is 9.78 Å². The Kier molecular flexibility index (Phi) is 5.06. The van der Waals surface area contributed by atoms with Gasteiger partial charge >= 0.3 is 5.97 Å². The van der Waals surface area contributed by atoms with Crippen molar-refractivity contribution < 1.29 is 29.2 Å². The average molecular weight is 479 g/mol. The van der Waals surface area contributed by atoms with Gasteiger partial charge in [0.15, 0.2) is 17.1 Å². The first-order valence-electron chi connectivity index (χ1n) is 11.7. The van der Waals surface area contributed by atoms with Crippen molar-refractivity contribution >= 4 is 16.9 Å². The fourth-order valence-electron chi connectivity index (χ4n) is 5.17. The molecule has 0 spiro atoms. The molecule has 3 aromatic rings. The van der Waals surface area contributed by atoms with Gasteiger partial charge in [-0.15, -0.1) is 0 Å². The van der Waals surface area contributed by atoms with Crippen LogP contribution in [0.5, 0.6) is 11.5 Å². The Balaban J connectivity index is 1.57. The molecular formula is C25H25N3O7. The van der Waals surface area contributed by atoms with E-state index < -0.39 is 11.6 Å². The van der Waals surface area contributed by atoms with E-state index in [1.165, 1.54) is 0 Å². The molecule has 5 heterocycles. The molecule has 0 saturated heterocycles. The number of fused-ring (bicyclic) bond motifs is 6. The van der Waals surface area contributed by atoms with Crippen LogP contribution in [0.1, 0.15) is 42.0 Å². The summed E-state index contributed by atoms with van der Waals surface area (Å²) < 4.78 is 17.9. The number of nitrogens with zero attached hydrogens (tertiary/aromatic N) is 2. The van der Waals surface area contributed by atoms with Gasteiger partial charge in [0.25, 0.3) is 5.56 Å². The van der Waals surface area contributed by atoms with Gasteiger partial charge in [0, 0.05) is 35.7 Å². The minimum absolute atomic E-state index is 0.0865. The monoisotopic (exact) mass is 479 g/mol. The van der Waals surface area contributed by atoms with Gasteiger partial charge in [0.2, 0.25) is 6.79 Å². The first-order chi connectivity index (χ1) is 17.0. The first kappa shape index (κ1) is 22.0. The molecule has 2 aromatic heterocycles. The lowest BCUT2D eigenvalue weighted by molar-refractivity contribution is -0.172. The van der Waals surface area contributed by atoms with Crippen LogP contribution in [-0.2, 0) is 34.8 Å². The van der Waals surface area contributed by atoms with Gasteiger partial charge in [-0.2, -0.15) is 0 Å². The number of carbonyl (C=O) groups excluding carboxylic acids is 1. The van der Waals surface area contributed by atoms with E-state index in [1.54, 1.807) is 17.6 Å². The number of carbonyl (C=O) groups is 1. The Labute approximate surface area is 200 Å². The second-order valence-corrected chi connectivity index (χ2v) is 9.00. The Hall–Kier alpha value is -3.47. The third kappa shape index (κ3) is 3.17. The summed E-state index contributed by atoms with van der Waals surface area (Å²) in [6.45, 7) is 3.19. The Morgan fingerprint density at radius 3 is 2.71 bits per heavy atom. The maximum absolute atomic E-state index is 13.5. The van der Waals surface area contributed by atoms with Crippen LogP contribution >= 0.6 is 0 Å². The maximum Gasteiger partial charge on any atom is 0.343 e. The molecule has 0 radical (unpaired) electrons. The molecule has 0 aliphatic carbocycles. The molecule has 0 unspecified atom stereocenters. The summed E-state index contributed by atoms with van der Waals surface area (Å²) in [5.74, 6) is 0.499. The Morgan fingerprint density at radius 1 is 1.14 bits per heavy atom. The number of aliphatic hydroxyl groups excluding tert-OH is 1. The lowest BCUT2D eigenvalue weighted by Crippen LogP contribution is -2.44. The molecule has 3 aliphatic heterocycles. The summed E-state index contributed by atoms with van der Waals surface area (Å²) in [5, 5.41) is 24.5. The molecule has 0 amide bonds. The average Bonchev–Trinajstić information content (AvgIpc) is 3.47. The van der Waals surface area contributed by atoms with Crippen LogP contribution in [0.3, 0.4) is 0 Å².